The highest BCUT2D eigenvalue weighted by Crippen LogP contribution is 2.63. The number of hydrogen-bond acceptors (Lipinski definition) is 2. The van der Waals surface area contributed by atoms with Crippen molar-refractivity contribution >= 4 is 11.6 Å². The van der Waals surface area contributed by atoms with E-state index in [1.165, 1.54) is 25.3 Å². The number of carbonyl (C=O) groups excluding carboxylic acids is 1. The summed E-state index contributed by atoms with van der Waals surface area (Å²) in [5.41, 5.74) is 8.78. The van der Waals surface area contributed by atoms with Gasteiger partial charge in [-0.2, -0.15) is 0 Å². The van der Waals surface area contributed by atoms with Crippen LogP contribution in [0.1, 0.15) is 38.2 Å². The first-order chi connectivity index (χ1) is 8.06. The monoisotopic (exact) mass is 230 g/mol. The van der Waals surface area contributed by atoms with Crippen LogP contribution < -0.4 is 11.1 Å². The first-order valence-corrected chi connectivity index (χ1v) is 6.23. The van der Waals surface area contributed by atoms with Gasteiger partial charge < -0.3 is 11.1 Å². The van der Waals surface area contributed by atoms with Crippen molar-refractivity contribution in [2.75, 3.05) is 5.32 Å². The molecule has 0 saturated heterocycles. The third-order valence-corrected chi connectivity index (χ3v) is 4.23. The average Bonchev–Trinajstić information content (AvgIpc) is 3.12. The molecule has 3 N–H and O–H groups in total. The zero-order chi connectivity index (χ0) is 12.1. The van der Waals surface area contributed by atoms with Gasteiger partial charge in [0, 0.05) is 23.6 Å². The lowest BCUT2D eigenvalue weighted by atomic mass is 9.86. The molecule has 3 rings (SSSR count). The van der Waals surface area contributed by atoms with Crippen molar-refractivity contribution in [3.05, 3.63) is 29.8 Å². The Morgan fingerprint density at radius 1 is 1.29 bits per heavy atom. The molecule has 0 unspecified atom stereocenters. The summed E-state index contributed by atoms with van der Waals surface area (Å²) in [6, 6.07) is 8.16. The van der Waals surface area contributed by atoms with Crippen molar-refractivity contribution < 1.29 is 4.79 Å². The van der Waals surface area contributed by atoms with Gasteiger partial charge in [-0.1, -0.05) is 12.1 Å². The van der Waals surface area contributed by atoms with Gasteiger partial charge in [0.05, 0.1) is 0 Å². The van der Waals surface area contributed by atoms with E-state index in [9.17, 15) is 4.79 Å². The highest BCUT2D eigenvalue weighted by molar-refractivity contribution is 5.88. The van der Waals surface area contributed by atoms with Crippen molar-refractivity contribution in [2.24, 2.45) is 5.73 Å². The van der Waals surface area contributed by atoms with E-state index in [0.29, 0.717) is 0 Å². The van der Waals surface area contributed by atoms with Gasteiger partial charge in [0.15, 0.2) is 0 Å². The zero-order valence-corrected chi connectivity index (χ0v) is 10.1. The van der Waals surface area contributed by atoms with Gasteiger partial charge in [-0.05, 0) is 43.4 Å². The Morgan fingerprint density at radius 3 is 2.53 bits per heavy atom. The first kappa shape index (κ1) is 10.8. The van der Waals surface area contributed by atoms with Crippen LogP contribution in [0.25, 0.3) is 0 Å². The predicted molar refractivity (Wildman–Crippen MR) is 67.8 cm³/mol. The molecule has 0 atom stereocenters. The lowest BCUT2D eigenvalue weighted by molar-refractivity contribution is -0.114. The Hall–Kier alpha value is -1.35. The summed E-state index contributed by atoms with van der Waals surface area (Å²) < 4.78 is 0. The molecule has 90 valence electrons. The highest BCUT2D eigenvalue weighted by atomic mass is 16.1. The molecule has 0 spiro atoms. The van der Waals surface area contributed by atoms with E-state index in [4.69, 9.17) is 5.73 Å². The van der Waals surface area contributed by atoms with Gasteiger partial charge in [-0.25, -0.2) is 0 Å². The molecule has 0 aliphatic heterocycles. The molecule has 2 aliphatic rings. The van der Waals surface area contributed by atoms with Crippen molar-refractivity contribution in [3.63, 3.8) is 0 Å². The summed E-state index contributed by atoms with van der Waals surface area (Å²) in [6.07, 6.45) is 4.65. The fourth-order valence-electron chi connectivity index (χ4n) is 2.91. The molecular formula is C14H18N2O. The predicted octanol–water partition coefficient (Wildman–Crippen LogP) is 2.17. The van der Waals surface area contributed by atoms with E-state index in [2.05, 4.69) is 17.4 Å². The summed E-state index contributed by atoms with van der Waals surface area (Å²) in [7, 11) is 0. The van der Waals surface area contributed by atoms with Gasteiger partial charge in [-0.3, -0.25) is 4.79 Å². The highest BCUT2D eigenvalue weighted by Gasteiger charge is 2.63. The first-order valence-electron chi connectivity index (χ1n) is 6.23. The summed E-state index contributed by atoms with van der Waals surface area (Å²) >= 11 is 0. The van der Waals surface area contributed by atoms with Crippen molar-refractivity contribution in [1.82, 2.24) is 0 Å². The van der Waals surface area contributed by atoms with Crippen LogP contribution in [0.15, 0.2) is 24.3 Å². The van der Waals surface area contributed by atoms with Gasteiger partial charge in [-0.15, -0.1) is 0 Å². The van der Waals surface area contributed by atoms with E-state index in [1.54, 1.807) is 0 Å². The number of rotatable bonds is 3. The fourth-order valence-corrected chi connectivity index (χ4v) is 2.91. The van der Waals surface area contributed by atoms with Crippen LogP contribution in [0.3, 0.4) is 0 Å². The number of hydrogen-bond donors (Lipinski definition) is 2. The van der Waals surface area contributed by atoms with Crippen molar-refractivity contribution in [3.8, 4) is 0 Å². The molecule has 0 bridgehead atoms. The van der Waals surface area contributed by atoms with Crippen LogP contribution in [-0.4, -0.2) is 11.4 Å². The Kier molecular flexibility index (Phi) is 2.11. The van der Waals surface area contributed by atoms with Crippen LogP contribution in [0.5, 0.6) is 0 Å². The molecular weight excluding hydrogens is 212 g/mol. The van der Waals surface area contributed by atoms with Crippen molar-refractivity contribution in [1.29, 1.82) is 0 Å². The van der Waals surface area contributed by atoms with Gasteiger partial charge in [0.1, 0.15) is 0 Å². The number of anilines is 1. The number of benzene rings is 1. The Bertz CT molecular complexity index is 473. The largest absolute Gasteiger partial charge is 0.326 e. The molecule has 0 radical (unpaired) electrons. The summed E-state index contributed by atoms with van der Waals surface area (Å²) in [5.74, 6) is -0.0270. The smallest absolute Gasteiger partial charge is 0.221 e. The third-order valence-electron chi connectivity index (χ3n) is 4.23. The molecule has 2 saturated carbocycles. The van der Waals surface area contributed by atoms with Crippen LogP contribution in [0, 0.1) is 0 Å². The lowest BCUT2D eigenvalue weighted by Gasteiger charge is -2.23. The number of nitrogens with one attached hydrogen (secondary N) is 1. The van der Waals surface area contributed by atoms with Gasteiger partial charge in [0.25, 0.3) is 0 Å². The molecule has 3 nitrogen and oxygen atoms in total. The zero-order valence-electron chi connectivity index (χ0n) is 10.1. The van der Waals surface area contributed by atoms with Crippen LogP contribution >= 0.6 is 0 Å². The third kappa shape index (κ3) is 1.65. The minimum atomic E-state index is -0.0270. The molecule has 1 aromatic rings. The second-order valence-corrected chi connectivity index (χ2v) is 5.50. The van der Waals surface area contributed by atoms with Crippen LogP contribution in [-0.2, 0) is 10.2 Å². The average molecular weight is 230 g/mol. The van der Waals surface area contributed by atoms with E-state index in [-0.39, 0.29) is 16.9 Å². The number of nitrogens with two attached hydrogens (primary N) is 1. The number of amides is 1. The molecule has 0 aromatic heterocycles. The maximum atomic E-state index is 11.1. The molecule has 2 aliphatic carbocycles. The Balaban J connectivity index is 1.91. The van der Waals surface area contributed by atoms with Crippen LogP contribution in [0.2, 0.25) is 0 Å². The summed E-state index contributed by atoms with van der Waals surface area (Å²) in [6.45, 7) is 1.53. The lowest BCUT2D eigenvalue weighted by Crippen LogP contribution is -2.37. The topological polar surface area (TPSA) is 55.1 Å². The van der Waals surface area contributed by atoms with E-state index in [1.807, 2.05) is 12.1 Å². The van der Waals surface area contributed by atoms with Crippen molar-refractivity contribution in [2.45, 2.75) is 43.6 Å². The standard InChI is InChI=1S/C14H18N2O/c1-10(17)16-12-4-2-3-11(9-12)13(5-6-13)14(15)7-8-14/h2-4,9H,5-8,15H2,1H3,(H,16,17). The second kappa shape index (κ2) is 3.33. The molecule has 3 heteroatoms. The van der Waals surface area contributed by atoms with Crippen LogP contribution in [0.4, 0.5) is 5.69 Å². The summed E-state index contributed by atoms with van der Waals surface area (Å²) in [5, 5.41) is 2.84. The summed E-state index contributed by atoms with van der Waals surface area (Å²) in [4.78, 5) is 11.1. The Morgan fingerprint density at radius 2 is 2.00 bits per heavy atom. The minimum Gasteiger partial charge on any atom is -0.326 e. The maximum Gasteiger partial charge on any atom is 0.221 e. The second-order valence-electron chi connectivity index (χ2n) is 5.50. The molecule has 17 heavy (non-hydrogen) atoms. The van der Waals surface area contributed by atoms with E-state index >= 15 is 0 Å². The molecule has 0 heterocycles. The maximum absolute atomic E-state index is 11.1. The Labute approximate surface area is 101 Å². The normalized spacial score (nSPS) is 22.9. The van der Waals surface area contributed by atoms with E-state index < -0.39 is 0 Å². The fraction of sp³-hybridized carbons (Fsp3) is 0.500. The molecule has 1 aromatic carbocycles. The SMILES string of the molecule is CC(=O)Nc1cccc(C2(C3(N)CC3)CC2)c1. The quantitative estimate of drug-likeness (QED) is 0.836. The molecule has 2 fully saturated rings. The minimum absolute atomic E-state index is 0.0270. The van der Waals surface area contributed by atoms with Gasteiger partial charge >= 0.3 is 0 Å². The molecule has 1 amide bonds. The number of carbonyl (C=O) groups is 1. The van der Waals surface area contributed by atoms with E-state index in [0.717, 1.165) is 18.5 Å². The van der Waals surface area contributed by atoms with Gasteiger partial charge in [0.2, 0.25) is 5.91 Å².